The quantitative estimate of drug-likeness (QED) is 0.762. The van der Waals surface area contributed by atoms with E-state index >= 15 is 0 Å². The maximum Gasteiger partial charge on any atom is 0.120 e. The highest BCUT2D eigenvalue weighted by Gasteiger charge is 2.12. The normalized spacial score (nSPS) is 15.5. The van der Waals surface area contributed by atoms with Crippen LogP contribution < -0.4 is 4.74 Å². The van der Waals surface area contributed by atoms with Gasteiger partial charge in [-0.1, -0.05) is 18.2 Å². The van der Waals surface area contributed by atoms with Crippen molar-refractivity contribution in [1.82, 2.24) is 4.67 Å². The third kappa shape index (κ3) is 3.14. The first-order valence-electron chi connectivity index (χ1n) is 6.23. The number of hydrogen-bond donors (Lipinski definition) is 0. The maximum absolute atomic E-state index is 5.76. The number of benzene rings is 1. The summed E-state index contributed by atoms with van der Waals surface area (Å²) in [5, 5.41) is 0. The van der Waals surface area contributed by atoms with Gasteiger partial charge in [0.15, 0.2) is 0 Å². The van der Waals surface area contributed by atoms with E-state index in [1.54, 1.807) is 0 Å². The van der Waals surface area contributed by atoms with E-state index < -0.39 is 0 Å². The second-order valence-electron chi connectivity index (χ2n) is 4.84. The molecular formula is C15H20NOP. The topological polar surface area (TPSA) is 12.5 Å². The van der Waals surface area contributed by atoms with E-state index in [0.717, 1.165) is 5.75 Å². The molecule has 1 unspecified atom stereocenters. The fourth-order valence-electron chi connectivity index (χ4n) is 2.03. The molecule has 0 saturated carbocycles. The van der Waals surface area contributed by atoms with E-state index in [1.165, 1.54) is 11.1 Å². The highest BCUT2D eigenvalue weighted by atomic mass is 31.0. The van der Waals surface area contributed by atoms with Crippen LogP contribution >= 0.6 is 9.39 Å². The van der Waals surface area contributed by atoms with E-state index in [9.17, 15) is 0 Å². The van der Waals surface area contributed by atoms with Crippen LogP contribution in [0.15, 0.2) is 42.8 Å². The lowest BCUT2D eigenvalue weighted by atomic mass is 9.93. The Hall–Kier alpha value is -1.27. The molecule has 0 amide bonds. The van der Waals surface area contributed by atoms with Crippen LogP contribution in [0.3, 0.4) is 0 Å². The van der Waals surface area contributed by atoms with E-state index in [1.807, 2.05) is 24.6 Å². The summed E-state index contributed by atoms with van der Waals surface area (Å²) in [6, 6.07) is 6.31. The van der Waals surface area contributed by atoms with E-state index in [4.69, 9.17) is 4.74 Å². The molecule has 1 atom stereocenters. The molecule has 2 nitrogen and oxygen atoms in total. The highest BCUT2D eigenvalue weighted by molar-refractivity contribution is 7.13. The van der Waals surface area contributed by atoms with Gasteiger partial charge in [0.25, 0.3) is 0 Å². The lowest BCUT2D eigenvalue weighted by molar-refractivity contribution is 0.242. The summed E-state index contributed by atoms with van der Waals surface area (Å²) in [5.41, 5.74) is 2.60. The average molecular weight is 261 g/mol. The van der Waals surface area contributed by atoms with Crippen molar-refractivity contribution in [2.45, 2.75) is 32.8 Å². The standard InChI is InChI=1S/C15H20NOP/c1-11(2)17-14-5-4-12(3)15(10-14)13-6-8-16(18)9-7-13/h4-11,13H,18H2,1-3H3. The zero-order valence-corrected chi connectivity index (χ0v) is 12.3. The van der Waals surface area contributed by atoms with Gasteiger partial charge in [-0.05, 0) is 53.4 Å². The molecule has 2 rings (SSSR count). The van der Waals surface area contributed by atoms with Gasteiger partial charge in [-0.25, -0.2) is 0 Å². The lowest BCUT2D eigenvalue weighted by Gasteiger charge is -2.20. The van der Waals surface area contributed by atoms with Crippen LogP contribution in [0.25, 0.3) is 0 Å². The summed E-state index contributed by atoms with van der Waals surface area (Å²) in [6.45, 7) is 6.24. The van der Waals surface area contributed by atoms with Crippen LogP contribution in [0, 0.1) is 6.92 Å². The smallest absolute Gasteiger partial charge is 0.120 e. The van der Waals surface area contributed by atoms with E-state index in [2.05, 4.69) is 53.0 Å². The minimum atomic E-state index is 0.209. The lowest BCUT2D eigenvalue weighted by Crippen LogP contribution is -2.07. The number of hydrogen-bond acceptors (Lipinski definition) is 2. The Morgan fingerprint density at radius 3 is 2.50 bits per heavy atom. The van der Waals surface area contributed by atoms with E-state index in [0.29, 0.717) is 5.92 Å². The van der Waals surface area contributed by atoms with Gasteiger partial charge in [0, 0.05) is 18.3 Å². The summed E-state index contributed by atoms with van der Waals surface area (Å²) in [5.74, 6) is 1.28. The number of rotatable bonds is 3. The Morgan fingerprint density at radius 2 is 1.89 bits per heavy atom. The Kier molecular flexibility index (Phi) is 4.08. The molecule has 0 N–H and O–H groups in total. The Balaban J connectivity index is 2.26. The molecular weight excluding hydrogens is 241 g/mol. The molecule has 0 spiro atoms. The van der Waals surface area contributed by atoms with Gasteiger partial charge in [-0.3, -0.25) is 0 Å². The highest BCUT2D eigenvalue weighted by Crippen LogP contribution is 2.29. The zero-order chi connectivity index (χ0) is 13.1. The SMILES string of the molecule is Cc1ccc(OC(C)C)cc1C1C=CN(P)C=C1. The molecule has 0 bridgehead atoms. The van der Waals surface area contributed by atoms with Gasteiger partial charge in [-0.2, -0.15) is 0 Å². The van der Waals surface area contributed by atoms with Gasteiger partial charge in [0.1, 0.15) is 5.75 Å². The van der Waals surface area contributed by atoms with Gasteiger partial charge in [0.05, 0.1) is 6.10 Å². The predicted octanol–water partition coefficient (Wildman–Crippen LogP) is 4.00. The molecule has 0 aromatic heterocycles. The van der Waals surface area contributed by atoms with Gasteiger partial charge < -0.3 is 9.41 Å². The Morgan fingerprint density at radius 1 is 1.22 bits per heavy atom. The molecule has 3 heteroatoms. The molecule has 1 aliphatic rings. The average Bonchev–Trinajstić information content (AvgIpc) is 2.32. The van der Waals surface area contributed by atoms with Gasteiger partial charge >= 0.3 is 0 Å². The van der Waals surface area contributed by atoms with Crippen LogP contribution in [-0.4, -0.2) is 10.8 Å². The first kappa shape index (κ1) is 13.2. The summed E-state index contributed by atoms with van der Waals surface area (Å²) in [4.78, 5) is 0. The summed E-state index contributed by atoms with van der Waals surface area (Å²) in [6.07, 6.45) is 8.71. The van der Waals surface area contributed by atoms with Gasteiger partial charge in [-0.15, -0.1) is 0 Å². The third-order valence-electron chi connectivity index (χ3n) is 2.91. The molecule has 96 valence electrons. The van der Waals surface area contributed by atoms with Crippen LogP contribution in [0.2, 0.25) is 0 Å². The van der Waals surface area contributed by atoms with Gasteiger partial charge in [0.2, 0.25) is 0 Å². The van der Waals surface area contributed by atoms with Crippen molar-refractivity contribution in [3.05, 3.63) is 53.9 Å². The van der Waals surface area contributed by atoms with Crippen molar-refractivity contribution in [3.8, 4) is 5.75 Å². The molecule has 18 heavy (non-hydrogen) atoms. The summed E-state index contributed by atoms with van der Waals surface area (Å²) in [7, 11) is 2.64. The second-order valence-corrected chi connectivity index (χ2v) is 5.44. The Bertz CT molecular complexity index is 465. The monoisotopic (exact) mass is 261 g/mol. The summed E-state index contributed by atoms with van der Waals surface area (Å²) < 4.78 is 7.73. The first-order valence-corrected chi connectivity index (χ1v) is 6.75. The van der Waals surface area contributed by atoms with Crippen molar-refractivity contribution in [1.29, 1.82) is 0 Å². The molecule has 0 saturated heterocycles. The first-order chi connectivity index (χ1) is 8.56. The minimum Gasteiger partial charge on any atom is -0.491 e. The molecule has 1 aliphatic heterocycles. The Labute approximate surface area is 112 Å². The van der Waals surface area contributed by atoms with Crippen molar-refractivity contribution in [3.63, 3.8) is 0 Å². The van der Waals surface area contributed by atoms with Crippen LogP contribution in [0.4, 0.5) is 0 Å². The molecule has 0 aliphatic carbocycles. The number of allylic oxidation sites excluding steroid dienone is 2. The largest absolute Gasteiger partial charge is 0.491 e. The number of nitrogens with zero attached hydrogens (tertiary/aromatic N) is 1. The zero-order valence-electron chi connectivity index (χ0n) is 11.1. The molecule has 1 heterocycles. The summed E-state index contributed by atoms with van der Waals surface area (Å²) >= 11 is 0. The van der Waals surface area contributed by atoms with Crippen LogP contribution in [-0.2, 0) is 0 Å². The van der Waals surface area contributed by atoms with E-state index in [-0.39, 0.29) is 6.10 Å². The molecule has 0 radical (unpaired) electrons. The molecule has 1 aromatic rings. The molecule has 0 fully saturated rings. The molecule has 1 aromatic carbocycles. The third-order valence-corrected chi connectivity index (χ3v) is 3.26. The number of aryl methyl sites for hydroxylation is 1. The van der Waals surface area contributed by atoms with Crippen molar-refractivity contribution in [2.24, 2.45) is 0 Å². The van der Waals surface area contributed by atoms with Crippen molar-refractivity contribution >= 4 is 9.39 Å². The second kappa shape index (κ2) is 5.58. The van der Waals surface area contributed by atoms with Crippen molar-refractivity contribution in [2.75, 3.05) is 0 Å². The maximum atomic E-state index is 5.76. The predicted molar refractivity (Wildman–Crippen MR) is 79.5 cm³/mol. The fourth-order valence-corrected chi connectivity index (χ4v) is 2.23. The number of ether oxygens (including phenoxy) is 1. The van der Waals surface area contributed by atoms with Crippen LogP contribution in [0.1, 0.15) is 30.9 Å². The minimum absolute atomic E-state index is 0.209. The fraction of sp³-hybridized carbons (Fsp3) is 0.333. The van der Waals surface area contributed by atoms with Crippen LogP contribution in [0.5, 0.6) is 5.75 Å². The van der Waals surface area contributed by atoms with Crippen molar-refractivity contribution < 1.29 is 4.74 Å².